The number of nitrogens with one attached hydrogen (secondary N) is 2. The summed E-state index contributed by atoms with van der Waals surface area (Å²) in [6.45, 7) is 0.979. The molecule has 1 rings (SSSR count). The smallest absolute Gasteiger partial charge is 0.251 e. The first-order valence-electron chi connectivity index (χ1n) is 5.73. The molecule has 0 saturated carbocycles. The summed E-state index contributed by atoms with van der Waals surface area (Å²) in [5.74, 6) is 6.08. The summed E-state index contributed by atoms with van der Waals surface area (Å²) in [6.07, 6.45) is 1.91. The molecule has 0 bridgehead atoms. The van der Waals surface area contributed by atoms with Crippen LogP contribution in [-0.4, -0.2) is 26.5 Å². The standard InChI is InChI=1S/C14H18N2O/c1-15-10-5-3-4-7-12-8-6-9-13(11-12)14(17)16-2/h6,8-9,11,15H,3,5,10H2,1-2H3,(H,16,17). The van der Waals surface area contributed by atoms with E-state index in [-0.39, 0.29) is 5.91 Å². The molecule has 0 spiro atoms. The average Bonchev–Trinajstić information content (AvgIpc) is 2.38. The predicted molar refractivity (Wildman–Crippen MR) is 69.9 cm³/mol. The molecule has 17 heavy (non-hydrogen) atoms. The fraction of sp³-hybridized carbons (Fsp3) is 0.357. The Bertz CT molecular complexity index is 429. The molecule has 0 saturated heterocycles. The van der Waals surface area contributed by atoms with Crippen LogP contribution in [0.3, 0.4) is 0 Å². The molecule has 2 N–H and O–H groups in total. The Balaban J connectivity index is 2.62. The Morgan fingerprint density at radius 2 is 2.18 bits per heavy atom. The Morgan fingerprint density at radius 1 is 1.35 bits per heavy atom. The molecule has 0 fully saturated rings. The third kappa shape index (κ3) is 4.71. The normalized spacial score (nSPS) is 9.29. The van der Waals surface area contributed by atoms with E-state index in [0.717, 1.165) is 24.9 Å². The number of carbonyl (C=O) groups excluding carboxylic acids is 1. The van der Waals surface area contributed by atoms with Crippen molar-refractivity contribution in [1.29, 1.82) is 0 Å². The zero-order valence-corrected chi connectivity index (χ0v) is 10.3. The van der Waals surface area contributed by atoms with E-state index >= 15 is 0 Å². The zero-order valence-electron chi connectivity index (χ0n) is 10.3. The fourth-order valence-electron chi connectivity index (χ4n) is 1.40. The number of rotatable bonds is 4. The molecule has 90 valence electrons. The third-order valence-electron chi connectivity index (χ3n) is 2.31. The van der Waals surface area contributed by atoms with Gasteiger partial charge in [0.25, 0.3) is 5.91 Å². The Hall–Kier alpha value is -1.79. The highest BCUT2D eigenvalue weighted by atomic mass is 16.1. The van der Waals surface area contributed by atoms with Crippen LogP contribution < -0.4 is 10.6 Å². The first-order valence-corrected chi connectivity index (χ1v) is 5.73. The van der Waals surface area contributed by atoms with Crippen molar-refractivity contribution >= 4 is 5.91 Å². The molecule has 3 heteroatoms. The lowest BCUT2D eigenvalue weighted by Crippen LogP contribution is -2.17. The van der Waals surface area contributed by atoms with Gasteiger partial charge in [-0.25, -0.2) is 0 Å². The van der Waals surface area contributed by atoms with Gasteiger partial charge in [0.2, 0.25) is 0 Å². The van der Waals surface area contributed by atoms with E-state index in [1.807, 2.05) is 25.2 Å². The van der Waals surface area contributed by atoms with E-state index in [1.165, 1.54) is 0 Å². The van der Waals surface area contributed by atoms with Gasteiger partial charge in [-0.3, -0.25) is 4.79 Å². The molecular formula is C14H18N2O. The molecule has 3 nitrogen and oxygen atoms in total. The number of hydrogen-bond donors (Lipinski definition) is 2. The second-order valence-corrected chi connectivity index (χ2v) is 3.67. The topological polar surface area (TPSA) is 41.1 Å². The van der Waals surface area contributed by atoms with E-state index < -0.39 is 0 Å². The van der Waals surface area contributed by atoms with Crippen LogP contribution in [-0.2, 0) is 0 Å². The molecule has 0 atom stereocenters. The van der Waals surface area contributed by atoms with Crippen molar-refractivity contribution in [2.75, 3.05) is 20.6 Å². The zero-order chi connectivity index (χ0) is 12.5. The van der Waals surface area contributed by atoms with Crippen LogP contribution in [0.25, 0.3) is 0 Å². The van der Waals surface area contributed by atoms with Gasteiger partial charge in [0.15, 0.2) is 0 Å². The maximum Gasteiger partial charge on any atom is 0.251 e. The van der Waals surface area contributed by atoms with Crippen molar-refractivity contribution < 1.29 is 4.79 Å². The number of amides is 1. The summed E-state index contributed by atoms with van der Waals surface area (Å²) in [5.41, 5.74) is 1.53. The highest BCUT2D eigenvalue weighted by Gasteiger charge is 2.01. The van der Waals surface area contributed by atoms with Gasteiger partial charge in [-0.1, -0.05) is 17.9 Å². The van der Waals surface area contributed by atoms with Crippen LogP contribution in [0.5, 0.6) is 0 Å². The number of hydrogen-bond acceptors (Lipinski definition) is 2. The number of carbonyl (C=O) groups is 1. The molecule has 0 radical (unpaired) electrons. The number of unbranched alkanes of at least 4 members (excludes halogenated alkanes) is 1. The Labute approximate surface area is 103 Å². The molecule has 0 aliphatic rings. The highest BCUT2D eigenvalue weighted by Crippen LogP contribution is 2.03. The van der Waals surface area contributed by atoms with Gasteiger partial charge in [0, 0.05) is 24.6 Å². The van der Waals surface area contributed by atoms with Crippen LogP contribution in [0.1, 0.15) is 28.8 Å². The lowest BCUT2D eigenvalue weighted by atomic mass is 10.1. The largest absolute Gasteiger partial charge is 0.355 e. The fourth-order valence-corrected chi connectivity index (χ4v) is 1.40. The van der Waals surface area contributed by atoms with Crippen LogP contribution in [0.4, 0.5) is 0 Å². The number of benzene rings is 1. The molecule has 0 aliphatic carbocycles. The van der Waals surface area contributed by atoms with Crippen molar-refractivity contribution in [3.8, 4) is 11.8 Å². The molecule has 0 aromatic heterocycles. The van der Waals surface area contributed by atoms with Crippen LogP contribution >= 0.6 is 0 Å². The molecule has 1 aromatic carbocycles. The van der Waals surface area contributed by atoms with Gasteiger partial charge in [0.1, 0.15) is 0 Å². The second kappa shape index (κ2) is 7.48. The summed E-state index contributed by atoms with van der Waals surface area (Å²) in [7, 11) is 3.55. The van der Waals surface area contributed by atoms with Crippen molar-refractivity contribution in [1.82, 2.24) is 10.6 Å². The van der Waals surface area contributed by atoms with Crippen molar-refractivity contribution in [2.45, 2.75) is 12.8 Å². The van der Waals surface area contributed by atoms with E-state index in [1.54, 1.807) is 13.1 Å². The van der Waals surface area contributed by atoms with Gasteiger partial charge in [-0.15, -0.1) is 0 Å². The Kier molecular flexibility index (Phi) is 5.84. The van der Waals surface area contributed by atoms with Crippen LogP contribution in [0.2, 0.25) is 0 Å². The lowest BCUT2D eigenvalue weighted by Gasteiger charge is -1.99. The van der Waals surface area contributed by atoms with E-state index in [9.17, 15) is 4.79 Å². The van der Waals surface area contributed by atoms with E-state index in [0.29, 0.717) is 5.56 Å². The molecule has 1 aromatic rings. The molecule has 0 unspecified atom stereocenters. The third-order valence-corrected chi connectivity index (χ3v) is 2.31. The van der Waals surface area contributed by atoms with Crippen molar-refractivity contribution in [2.24, 2.45) is 0 Å². The van der Waals surface area contributed by atoms with Gasteiger partial charge in [-0.2, -0.15) is 0 Å². The second-order valence-electron chi connectivity index (χ2n) is 3.67. The van der Waals surface area contributed by atoms with E-state index in [2.05, 4.69) is 22.5 Å². The highest BCUT2D eigenvalue weighted by molar-refractivity contribution is 5.94. The molecular weight excluding hydrogens is 212 g/mol. The molecule has 0 aliphatic heterocycles. The monoisotopic (exact) mass is 230 g/mol. The summed E-state index contributed by atoms with van der Waals surface area (Å²) in [6, 6.07) is 7.36. The maximum absolute atomic E-state index is 11.4. The Morgan fingerprint density at radius 3 is 2.88 bits per heavy atom. The molecule has 0 heterocycles. The minimum absolute atomic E-state index is 0.0798. The minimum atomic E-state index is -0.0798. The first-order chi connectivity index (χ1) is 8.27. The van der Waals surface area contributed by atoms with Gasteiger partial charge in [-0.05, 0) is 38.2 Å². The van der Waals surface area contributed by atoms with Gasteiger partial charge in [0.05, 0.1) is 0 Å². The maximum atomic E-state index is 11.4. The van der Waals surface area contributed by atoms with E-state index in [4.69, 9.17) is 0 Å². The average molecular weight is 230 g/mol. The van der Waals surface area contributed by atoms with Crippen LogP contribution in [0, 0.1) is 11.8 Å². The van der Waals surface area contributed by atoms with Crippen molar-refractivity contribution in [3.63, 3.8) is 0 Å². The summed E-state index contributed by atoms with van der Waals surface area (Å²) >= 11 is 0. The molecule has 1 amide bonds. The van der Waals surface area contributed by atoms with Crippen LogP contribution in [0.15, 0.2) is 24.3 Å². The van der Waals surface area contributed by atoms with Crippen molar-refractivity contribution in [3.05, 3.63) is 35.4 Å². The summed E-state index contributed by atoms with van der Waals surface area (Å²) in [4.78, 5) is 11.4. The quantitative estimate of drug-likeness (QED) is 0.606. The summed E-state index contributed by atoms with van der Waals surface area (Å²) in [5, 5.41) is 5.67. The lowest BCUT2D eigenvalue weighted by molar-refractivity contribution is 0.0963. The van der Waals surface area contributed by atoms with Gasteiger partial charge >= 0.3 is 0 Å². The predicted octanol–water partition coefficient (Wildman–Crippen LogP) is 1.40. The van der Waals surface area contributed by atoms with Gasteiger partial charge < -0.3 is 10.6 Å². The summed E-state index contributed by atoms with van der Waals surface area (Å²) < 4.78 is 0. The first kappa shape index (κ1) is 13.3. The SMILES string of the molecule is CNCCCC#Cc1cccc(C(=O)NC)c1. The minimum Gasteiger partial charge on any atom is -0.355 e.